The van der Waals surface area contributed by atoms with Gasteiger partial charge in [-0.1, -0.05) is 13.3 Å². The standard InChI is InChI=1S/C13H17F3O2/c1-2-3-8-17-10-5-6-11(13(16)12(10)15)18-9-4-7-14/h5-6H,2-4,7-9H2,1H3. The molecule has 0 aromatic heterocycles. The molecule has 0 atom stereocenters. The minimum absolute atomic E-state index is 0.0168. The maximum absolute atomic E-state index is 13.5. The smallest absolute Gasteiger partial charge is 0.204 e. The Hall–Kier alpha value is -1.39. The molecule has 102 valence electrons. The average Bonchev–Trinajstić information content (AvgIpc) is 2.37. The van der Waals surface area contributed by atoms with Gasteiger partial charge in [0.25, 0.3) is 0 Å². The summed E-state index contributed by atoms with van der Waals surface area (Å²) >= 11 is 0. The van der Waals surface area contributed by atoms with E-state index in [0.717, 1.165) is 12.8 Å². The van der Waals surface area contributed by atoms with Gasteiger partial charge in [0.1, 0.15) is 0 Å². The number of benzene rings is 1. The van der Waals surface area contributed by atoms with E-state index >= 15 is 0 Å². The van der Waals surface area contributed by atoms with Gasteiger partial charge in [-0.3, -0.25) is 4.39 Å². The molecule has 0 aliphatic heterocycles. The van der Waals surface area contributed by atoms with Crippen molar-refractivity contribution in [3.05, 3.63) is 23.8 Å². The highest BCUT2D eigenvalue weighted by atomic mass is 19.2. The lowest BCUT2D eigenvalue weighted by molar-refractivity contribution is 0.262. The van der Waals surface area contributed by atoms with Crippen LogP contribution < -0.4 is 9.47 Å². The van der Waals surface area contributed by atoms with Crippen LogP contribution in [0.3, 0.4) is 0 Å². The molecule has 1 aromatic carbocycles. The van der Waals surface area contributed by atoms with Crippen LogP contribution in [0.5, 0.6) is 11.5 Å². The number of rotatable bonds is 8. The molecular weight excluding hydrogens is 245 g/mol. The maximum Gasteiger partial charge on any atom is 0.204 e. The number of hydrogen-bond donors (Lipinski definition) is 0. The Morgan fingerprint density at radius 3 is 1.89 bits per heavy atom. The summed E-state index contributed by atoms with van der Waals surface area (Å²) < 4.78 is 49.0. The van der Waals surface area contributed by atoms with Gasteiger partial charge < -0.3 is 9.47 Å². The SMILES string of the molecule is CCCCOc1ccc(OCCCF)c(F)c1F. The van der Waals surface area contributed by atoms with E-state index in [-0.39, 0.29) is 24.5 Å². The predicted octanol–water partition coefficient (Wildman–Crippen LogP) is 3.88. The van der Waals surface area contributed by atoms with Gasteiger partial charge in [-0.05, 0) is 18.6 Å². The highest BCUT2D eigenvalue weighted by molar-refractivity contribution is 5.35. The maximum atomic E-state index is 13.5. The Morgan fingerprint density at radius 2 is 1.44 bits per heavy atom. The molecule has 0 amide bonds. The Morgan fingerprint density at radius 1 is 0.944 bits per heavy atom. The molecule has 0 bridgehead atoms. The van der Waals surface area contributed by atoms with E-state index in [2.05, 4.69) is 0 Å². The Labute approximate surface area is 105 Å². The van der Waals surface area contributed by atoms with Crippen molar-refractivity contribution in [3.63, 3.8) is 0 Å². The third kappa shape index (κ3) is 4.13. The Bertz CT molecular complexity index is 334. The van der Waals surface area contributed by atoms with Crippen LogP contribution in [0.4, 0.5) is 13.2 Å². The normalized spacial score (nSPS) is 10.4. The van der Waals surface area contributed by atoms with Crippen LogP contribution in [0.25, 0.3) is 0 Å². The van der Waals surface area contributed by atoms with Gasteiger partial charge >= 0.3 is 0 Å². The summed E-state index contributed by atoms with van der Waals surface area (Å²) in [5.74, 6) is -2.51. The monoisotopic (exact) mass is 262 g/mol. The minimum atomic E-state index is -1.09. The first-order chi connectivity index (χ1) is 8.70. The highest BCUT2D eigenvalue weighted by Crippen LogP contribution is 2.27. The van der Waals surface area contributed by atoms with Gasteiger partial charge in [-0.25, -0.2) is 0 Å². The largest absolute Gasteiger partial charge is 0.490 e. The third-order valence-electron chi connectivity index (χ3n) is 2.30. The molecule has 0 saturated carbocycles. The van der Waals surface area contributed by atoms with Crippen molar-refractivity contribution >= 4 is 0 Å². The van der Waals surface area contributed by atoms with Gasteiger partial charge in [0.05, 0.1) is 19.9 Å². The van der Waals surface area contributed by atoms with E-state index in [9.17, 15) is 13.2 Å². The molecule has 2 nitrogen and oxygen atoms in total. The Kier molecular flexibility index (Phi) is 6.39. The van der Waals surface area contributed by atoms with Crippen molar-refractivity contribution in [1.29, 1.82) is 0 Å². The summed E-state index contributed by atoms with van der Waals surface area (Å²) in [6.07, 6.45) is 1.83. The molecule has 1 aromatic rings. The second-order valence-corrected chi connectivity index (χ2v) is 3.78. The number of halogens is 3. The molecular formula is C13H17F3O2. The fourth-order valence-electron chi connectivity index (χ4n) is 1.30. The first kappa shape index (κ1) is 14.7. The van der Waals surface area contributed by atoms with Crippen molar-refractivity contribution in [2.45, 2.75) is 26.2 Å². The van der Waals surface area contributed by atoms with Crippen molar-refractivity contribution in [2.24, 2.45) is 0 Å². The van der Waals surface area contributed by atoms with Crippen molar-refractivity contribution in [2.75, 3.05) is 19.9 Å². The fraction of sp³-hybridized carbons (Fsp3) is 0.538. The molecule has 0 spiro atoms. The number of alkyl halides is 1. The lowest BCUT2D eigenvalue weighted by Gasteiger charge is -2.10. The van der Waals surface area contributed by atoms with Gasteiger partial charge in [-0.15, -0.1) is 0 Å². The van der Waals surface area contributed by atoms with Gasteiger partial charge in [0.15, 0.2) is 11.5 Å². The lowest BCUT2D eigenvalue weighted by atomic mass is 10.3. The van der Waals surface area contributed by atoms with Crippen molar-refractivity contribution < 1.29 is 22.6 Å². The second-order valence-electron chi connectivity index (χ2n) is 3.78. The summed E-state index contributed by atoms with van der Waals surface area (Å²) in [7, 11) is 0. The summed E-state index contributed by atoms with van der Waals surface area (Å²) in [4.78, 5) is 0. The zero-order valence-electron chi connectivity index (χ0n) is 10.3. The minimum Gasteiger partial charge on any atom is -0.490 e. The van der Waals surface area contributed by atoms with Crippen molar-refractivity contribution in [1.82, 2.24) is 0 Å². The van der Waals surface area contributed by atoms with E-state index in [4.69, 9.17) is 9.47 Å². The quantitative estimate of drug-likeness (QED) is 0.662. The molecule has 0 aliphatic rings. The lowest BCUT2D eigenvalue weighted by Crippen LogP contribution is -2.04. The van der Waals surface area contributed by atoms with Crippen LogP contribution in [-0.2, 0) is 0 Å². The van der Waals surface area contributed by atoms with E-state index in [1.54, 1.807) is 0 Å². The van der Waals surface area contributed by atoms with Crippen LogP contribution in [0, 0.1) is 11.6 Å². The molecule has 0 fully saturated rings. The second kappa shape index (κ2) is 7.84. The van der Waals surface area contributed by atoms with E-state index in [1.165, 1.54) is 12.1 Å². The molecule has 0 aliphatic carbocycles. The van der Waals surface area contributed by atoms with Crippen LogP contribution in [0.1, 0.15) is 26.2 Å². The van der Waals surface area contributed by atoms with E-state index in [0.29, 0.717) is 6.61 Å². The zero-order chi connectivity index (χ0) is 13.4. The third-order valence-corrected chi connectivity index (χ3v) is 2.30. The first-order valence-corrected chi connectivity index (χ1v) is 6.00. The van der Waals surface area contributed by atoms with E-state index < -0.39 is 18.3 Å². The molecule has 0 radical (unpaired) electrons. The molecule has 5 heteroatoms. The van der Waals surface area contributed by atoms with Gasteiger partial charge in [0, 0.05) is 6.42 Å². The first-order valence-electron chi connectivity index (χ1n) is 6.00. The van der Waals surface area contributed by atoms with Crippen molar-refractivity contribution in [3.8, 4) is 11.5 Å². The van der Waals surface area contributed by atoms with E-state index in [1.807, 2.05) is 6.92 Å². The van der Waals surface area contributed by atoms with Crippen LogP contribution in [0.15, 0.2) is 12.1 Å². The highest BCUT2D eigenvalue weighted by Gasteiger charge is 2.15. The molecule has 1 rings (SSSR count). The Balaban J connectivity index is 2.65. The molecule has 0 saturated heterocycles. The number of unbranched alkanes of at least 4 members (excludes halogenated alkanes) is 1. The molecule has 0 N–H and O–H groups in total. The summed E-state index contributed by atoms with van der Waals surface area (Å²) in [5, 5.41) is 0. The molecule has 0 heterocycles. The molecule has 18 heavy (non-hydrogen) atoms. The summed E-state index contributed by atoms with van der Waals surface area (Å²) in [6, 6.07) is 2.61. The number of hydrogen-bond acceptors (Lipinski definition) is 2. The zero-order valence-corrected chi connectivity index (χ0v) is 10.3. The summed E-state index contributed by atoms with van der Waals surface area (Å²) in [5.41, 5.74) is 0. The fourth-order valence-corrected chi connectivity index (χ4v) is 1.30. The number of ether oxygens (including phenoxy) is 2. The predicted molar refractivity (Wildman–Crippen MR) is 62.8 cm³/mol. The van der Waals surface area contributed by atoms with Crippen LogP contribution in [-0.4, -0.2) is 19.9 Å². The topological polar surface area (TPSA) is 18.5 Å². The molecule has 0 unspecified atom stereocenters. The van der Waals surface area contributed by atoms with Gasteiger partial charge in [-0.2, -0.15) is 8.78 Å². The van der Waals surface area contributed by atoms with Gasteiger partial charge in [0.2, 0.25) is 11.6 Å². The van der Waals surface area contributed by atoms with Crippen LogP contribution in [0.2, 0.25) is 0 Å². The average molecular weight is 262 g/mol. The summed E-state index contributed by atoms with van der Waals surface area (Å²) in [6.45, 7) is 1.78. The van der Waals surface area contributed by atoms with Crippen LogP contribution >= 0.6 is 0 Å².